The van der Waals surface area contributed by atoms with Gasteiger partial charge < -0.3 is 9.84 Å². The Morgan fingerprint density at radius 1 is 1.20 bits per heavy atom. The molecular formula is C18H21NO6. The van der Waals surface area contributed by atoms with Gasteiger partial charge in [0.1, 0.15) is 5.60 Å². The molecule has 1 N–H and O–H groups in total. The summed E-state index contributed by atoms with van der Waals surface area (Å²) >= 11 is 0. The number of hydrogen-bond donors (Lipinski definition) is 1. The number of carboxylic acids is 1. The molecule has 0 aliphatic carbocycles. The molecule has 7 nitrogen and oxygen atoms in total. The molecule has 1 aromatic carbocycles. The van der Waals surface area contributed by atoms with E-state index in [-0.39, 0.29) is 19.3 Å². The summed E-state index contributed by atoms with van der Waals surface area (Å²) in [7, 11) is 0. The van der Waals surface area contributed by atoms with Gasteiger partial charge in [-0.25, -0.2) is 14.5 Å². The SMILES string of the molecule is CC(C)(C)OC(=O)N1C(=O)CCC1(C(=O)O)C(=O)Cc1ccccc1. The molecule has 1 aliphatic rings. The Labute approximate surface area is 145 Å². The number of ether oxygens (including phenoxy) is 1. The highest BCUT2D eigenvalue weighted by molar-refractivity contribution is 6.16. The van der Waals surface area contributed by atoms with Crippen LogP contribution in [0.15, 0.2) is 30.3 Å². The lowest BCUT2D eigenvalue weighted by Gasteiger charge is -2.33. The van der Waals surface area contributed by atoms with Crippen LogP contribution < -0.4 is 0 Å². The van der Waals surface area contributed by atoms with Crippen molar-refractivity contribution in [2.75, 3.05) is 0 Å². The number of amides is 2. The monoisotopic (exact) mass is 347 g/mol. The molecule has 25 heavy (non-hydrogen) atoms. The average Bonchev–Trinajstić information content (AvgIpc) is 2.85. The molecule has 1 atom stereocenters. The molecule has 134 valence electrons. The minimum Gasteiger partial charge on any atom is -0.479 e. The van der Waals surface area contributed by atoms with Crippen LogP contribution in [0.5, 0.6) is 0 Å². The molecule has 0 spiro atoms. The molecule has 1 fully saturated rings. The number of carbonyl (C=O) groups is 4. The molecule has 7 heteroatoms. The minimum absolute atomic E-state index is 0.195. The van der Waals surface area contributed by atoms with Crippen molar-refractivity contribution in [1.29, 1.82) is 0 Å². The first-order valence-electron chi connectivity index (χ1n) is 7.94. The standard InChI is InChI=1S/C18H21NO6/c1-17(2,3)25-16(24)19-14(21)9-10-18(19,15(22)23)13(20)11-12-7-5-4-6-8-12/h4-8H,9-11H2,1-3H3,(H,22,23). The van der Waals surface area contributed by atoms with Crippen molar-refractivity contribution >= 4 is 23.8 Å². The molecular weight excluding hydrogens is 326 g/mol. The highest BCUT2D eigenvalue weighted by Gasteiger charge is 2.60. The van der Waals surface area contributed by atoms with Gasteiger partial charge in [-0.15, -0.1) is 0 Å². The van der Waals surface area contributed by atoms with Crippen LogP contribution >= 0.6 is 0 Å². The highest BCUT2D eigenvalue weighted by Crippen LogP contribution is 2.34. The summed E-state index contributed by atoms with van der Waals surface area (Å²) in [6.07, 6.45) is -1.77. The van der Waals surface area contributed by atoms with E-state index in [1.54, 1.807) is 51.1 Å². The first-order chi connectivity index (χ1) is 11.6. The van der Waals surface area contributed by atoms with Gasteiger partial charge in [-0.2, -0.15) is 0 Å². The van der Waals surface area contributed by atoms with Crippen LogP contribution in [0.25, 0.3) is 0 Å². The third kappa shape index (κ3) is 3.70. The molecule has 1 unspecified atom stereocenters. The van der Waals surface area contributed by atoms with Gasteiger partial charge in [-0.3, -0.25) is 9.59 Å². The van der Waals surface area contributed by atoms with Crippen LogP contribution in [-0.4, -0.2) is 44.9 Å². The minimum atomic E-state index is -2.23. The fourth-order valence-electron chi connectivity index (χ4n) is 2.80. The van der Waals surface area contributed by atoms with Crippen LogP contribution in [0.3, 0.4) is 0 Å². The predicted molar refractivity (Wildman–Crippen MR) is 87.8 cm³/mol. The van der Waals surface area contributed by atoms with Crippen molar-refractivity contribution in [3.05, 3.63) is 35.9 Å². The van der Waals surface area contributed by atoms with Gasteiger partial charge in [0.25, 0.3) is 0 Å². The van der Waals surface area contributed by atoms with E-state index < -0.39 is 34.9 Å². The molecule has 1 heterocycles. The topological polar surface area (TPSA) is 101 Å². The van der Waals surface area contributed by atoms with Crippen molar-refractivity contribution in [1.82, 2.24) is 4.90 Å². The van der Waals surface area contributed by atoms with Crippen molar-refractivity contribution in [3.8, 4) is 0 Å². The third-order valence-corrected chi connectivity index (χ3v) is 3.93. The zero-order chi connectivity index (χ0) is 18.8. The van der Waals surface area contributed by atoms with Crippen molar-refractivity contribution in [3.63, 3.8) is 0 Å². The largest absolute Gasteiger partial charge is 0.479 e. The number of nitrogens with zero attached hydrogens (tertiary/aromatic N) is 1. The summed E-state index contributed by atoms with van der Waals surface area (Å²) < 4.78 is 5.15. The normalized spacial score (nSPS) is 20.4. The Bertz CT molecular complexity index is 706. The second-order valence-electron chi connectivity index (χ2n) is 6.96. The highest BCUT2D eigenvalue weighted by atomic mass is 16.6. The van der Waals surface area contributed by atoms with Crippen molar-refractivity contribution in [2.24, 2.45) is 0 Å². The van der Waals surface area contributed by atoms with Gasteiger partial charge in [0.15, 0.2) is 5.78 Å². The second-order valence-corrected chi connectivity index (χ2v) is 6.96. The maximum Gasteiger partial charge on any atom is 0.418 e. The zero-order valence-electron chi connectivity index (χ0n) is 14.4. The molecule has 0 bridgehead atoms. The number of imide groups is 1. The van der Waals surface area contributed by atoms with Gasteiger partial charge in [-0.05, 0) is 32.8 Å². The van der Waals surface area contributed by atoms with E-state index in [4.69, 9.17) is 4.74 Å². The van der Waals surface area contributed by atoms with E-state index in [1.807, 2.05) is 0 Å². The zero-order valence-corrected chi connectivity index (χ0v) is 14.4. The van der Waals surface area contributed by atoms with Gasteiger partial charge >= 0.3 is 12.1 Å². The molecule has 1 aliphatic heterocycles. The number of carboxylic acid groups (broad SMARTS) is 1. The fourth-order valence-corrected chi connectivity index (χ4v) is 2.80. The number of benzene rings is 1. The third-order valence-electron chi connectivity index (χ3n) is 3.93. The second kappa shape index (κ2) is 6.66. The van der Waals surface area contributed by atoms with Crippen LogP contribution in [-0.2, 0) is 25.5 Å². The smallest absolute Gasteiger partial charge is 0.418 e. The Morgan fingerprint density at radius 2 is 1.80 bits per heavy atom. The number of likely N-dealkylation sites (tertiary alicyclic amines) is 1. The average molecular weight is 347 g/mol. The maximum atomic E-state index is 12.8. The molecule has 1 saturated heterocycles. The van der Waals surface area contributed by atoms with Gasteiger partial charge in [-0.1, -0.05) is 30.3 Å². The summed E-state index contributed by atoms with van der Waals surface area (Å²) in [6, 6.07) is 8.58. The Morgan fingerprint density at radius 3 is 2.32 bits per heavy atom. The Kier molecular flexibility index (Phi) is 4.97. The van der Waals surface area contributed by atoms with E-state index in [0.717, 1.165) is 0 Å². The van der Waals surface area contributed by atoms with Crippen LogP contribution in [0.4, 0.5) is 4.79 Å². The van der Waals surface area contributed by atoms with Gasteiger partial charge in [0.05, 0.1) is 0 Å². The molecule has 2 rings (SSSR count). The van der Waals surface area contributed by atoms with E-state index in [2.05, 4.69) is 0 Å². The van der Waals surface area contributed by atoms with E-state index in [0.29, 0.717) is 10.5 Å². The van der Waals surface area contributed by atoms with Crippen LogP contribution in [0.1, 0.15) is 39.2 Å². The van der Waals surface area contributed by atoms with Gasteiger partial charge in [0, 0.05) is 12.8 Å². The lowest BCUT2D eigenvalue weighted by atomic mass is 9.87. The quantitative estimate of drug-likeness (QED) is 0.838. The molecule has 0 saturated carbocycles. The number of aliphatic carboxylic acids is 1. The fraction of sp³-hybridized carbons (Fsp3) is 0.444. The maximum absolute atomic E-state index is 12.8. The number of carbonyl (C=O) groups excluding carboxylic acids is 3. The lowest BCUT2D eigenvalue weighted by Crippen LogP contribution is -2.60. The molecule has 0 radical (unpaired) electrons. The number of ketones is 1. The number of rotatable bonds is 4. The van der Waals surface area contributed by atoms with E-state index >= 15 is 0 Å². The number of hydrogen-bond acceptors (Lipinski definition) is 5. The molecule has 0 aromatic heterocycles. The predicted octanol–water partition coefficient (Wildman–Crippen LogP) is 2.18. The number of Topliss-reactive ketones (excluding diaryl/α,β-unsaturated/α-hetero) is 1. The molecule has 2 amide bonds. The summed E-state index contributed by atoms with van der Waals surface area (Å²) in [5.41, 5.74) is -2.54. The first-order valence-corrected chi connectivity index (χ1v) is 7.94. The summed E-state index contributed by atoms with van der Waals surface area (Å²) in [5, 5.41) is 9.73. The van der Waals surface area contributed by atoms with Crippen LogP contribution in [0.2, 0.25) is 0 Å². The Hall–Kier alpha value is -2.70. The van der Waals surface area contributed by atoms with E-state index in [1.165, 1.54) is 0 Å². The summed E-state index contributed by atoms with van der Waals surface area (Å²) in [5.74, 6) is -2.97. The first kappa shape index (κ1) is 18.6. The summed E-state index contributed by atoms with van der Waals surface area (Å²) in [4.78, 5) is 49.9. The lowest BCUT2D eigenvalue weighted by molar-refractivity contribution is -0.158. The van der Waals surface area contributed by atoms with Crippen LogP contribution in [0, 0.1) is 0 Å². The Balaban J connectivity index is 2.39. The van der Waals surface area contributed by atoms with Gasteiger partial charge in [0.2, 0.25) is 11.4 Å². The van der Waals surface area contributed by atoms with Crippen molar-refractivity contribution < 1.29 is 29.0 Å². The van der Waals surface area contributed by atoms with E-state index in [9.17, 15) is 24.3 Å². The summed E-state index contributed by atoms with van der Waals surface area (Å²) in [6.45, 7) is 4.79. The van der Waals surface area contributed by atoms with Crippen molar-refractivity contribution in [2.45, 2.75) is 51.2 Å². The molecule has 1 aromatic rings.